The predicted molar refractivity (Wildman–Crippen MR) is 101 cm³/mol. The van der Waals surface area contributed by atoms with Gasteiger partial charge in [-0.25, -0.2) is 0 Å². The third-order valence-electron chi connectivity index (χ3n) is 6.84. The molecule has 1 aliphatic carbocycles. The second-order valence-corrected chi connectivity index (χ2v) is 8.89. The molecule has 3 aliphatic rings. The molecule has 0 aromatic carbocycles. The molecule has 150 valence electrons. The quantitative estimate of drug-likeness (QED) is 0.778. The Hall–Kier alpha value is -1.44. The van der Waals surface area contributed by atoms with E-state index in [1.54, 1.807) is 7.11 Å². The maximum Gasteiger partial charge on any atom is 0.223 e. The SMILES string of the molecule is COCCN1C(=O)C[C@@H](CN[C@@H]2[C@@H]3CCO[C@@H]3C2(C)C)[C@@H]1c1cnn(C)c1. The lowest BCUT2D eigenvalue weighted by atomic mass is 9.57. The molecule has 2 aliphatic heterocycles. The van der Waals surface area contributed by atoms with E-state index in [2.05, 4.69) is 24.3 Å². The molecule has 0 bridgehead atoms. The number of likely N-dealkylation sites (tertiary alicyclic amines) is 1. The normalized spacial score (nSPS) is 34.7. The van der Waals surface area contributed by atoms with Crippen LogP contribution in [0.5, 0.6) is 0 Å². The number of fused-ring (bicyclic) bond motifs is 1. The Balaban J connectivity index is 1.48. The lowest BCUT2D eigenvalue weighted by Crippen LogP contribution is -2.66. The van der Waals surface area contributed by atoms with Gasteiger partial charge >= 0.3 is 0 Å². The summed E-state index contributed by atoms with van der Waals surface area (Å²) < 4.78 is 13.0. The number of carbonyl (C=O) groups excluding carboxylic acids is 1. The first kappa shape index (κ1) is 18.9. The molecule has 2 saturated heterocycles. The molecule has 3 fully saturated rings. The first-order valence-electron chi connectivity index (χ1n) is 10.1. The topological polar surface area (TPSA) is 68.6 Å². The number of nitrogens with zero attached hydrogens (tertiary/aromatic N) is 3. The number of aryl methyl sites for hydroxylation is 1. The zero-order valence-corrected chi connectivity index (χ0v) is 16.9. The number of hydrogen-bond acceptors (Lipinski definition) is 5. The Morgan fingerprint density at radius 1 is 1.44 bits per heavy atom. The van der Waals surface area contributed by atoms with Crippen molar-refractivity contribution in [3.8, 4) is 0 Å². The monoisotopic (exact) mass is 376 g/mol. The van der Waals surface area contributed by atoms with Gasteiger partial charge in [0.2, 0.25) is 5.91 Å². The highest BCUT2D eigenvalue weighted by atomic mass is 16.5. The van der Waals surface area contributed by atoms with Crippen LogP contribution in [0.25, 0.3) is 0 Å². The van der Waals surface area contributed by atoms with Crippen LogP contribution in [0.2, 0.25) is 0 Å². The maximum atomic E-state index is 12.7. The van der Waals surface area contributed by atoms with E-state index < -0.39 is 0 Å². The van der Waals surface area contributed by atoms with Crippen LogP contribution < -0.4 is 5.32 Å². The van der Waals surface area contributed by atoms with Crippen LogP contribution in [0.15, 0.2) is 12.4 Å². The standard InChI is InChI=1S/C20H32N4O3/c1-20(2)18(15-5-7-27-19(15)20)21-10-13-9-16(25)24(6-8-26-4)17(13)14-11-22-23(3)12-14/h11-13,15,17-19,21H,5-10H2,1-4H3/t13-,15-,17+,18+,19-/m0/s1. The van der Waals surface area contributed by atoms with Gasteiger partial charge in [-0.3, -0.25) is 9.48 Å². The fraction of sp³-hybridized carbons (Fsp3) is 0.800. The number of aromatic nitrogens is 2. The highest BCUT2D eigenvalue weighted by Crippen LogP contribution is 2.52. The van der Waals surface area contributed by atoms with E-state index in [0.717, 1.165) is 25.1 Å². The molecule has 3 heterocycles. The zero-order chi connectivity index (χ0) is 19.2. The molecule has 27 heavy (non-hydrogen) atoms. The van der Waals surface area contributed by atoms with Crippen LogP contribution in [0.1, 0.15) is 38.3 Å². The summed E-state index contributed by atoms with van der Waals surface area (Å²) in [4.78, 5) is 14.7. The Morgan fingerprint density at radius 2 is 2.26 bits per heavy atom. The summed E-state index contributed by atoms with van der Waals surface area (Å²) in [5.41, 5.74) is 1.27. The summed E-state index contributed by atoms with van der Waals surface area (Å²) in [6.07, 6.45) is 6.02. The minimum atomic E-state index is 0.0627. The van der Waals surface area contributed by atoms with E-state index in [-0.39, 0.29) is 23.3 Å². The van der Waals surface area contributed by atoms with Crippen LogP contribution >= 0.6 is 0 Å². The summed E-state index contributed by atoms with van der Waals surface area (Å²) in [7, 11) is 3.60. The second-order valence-electron chi connectivity index (χ2n) is 8.89. The molecule has 1 aromatic rings. The lowest BCUT2D eigenvalue weighted by Gasteiger charge is -2.55. The van der Waals surface area contributed by atoms with Gasteiger partial charge in [0.1, 0.15) is 0 Å². The van der Waals surface area contributed by atoms with Crippen LogP contribution in [0.4, 0.5) is 0 Å². The van der Waals surface area contributed by atoms with Gasteiger partial charge in [0.15, 0.2) is 0 Å². The smallest absolute Gasteiger partial charge is 0.223 e. The lowest BCUT2D eigenvalue weighted by molar-refractivity contribution is -0.129. The predicted octanol–water partition coefficient (Wildman–Crippen LogP) is 1.36. The molecular weight excluding hydrogens is 344 g/mol. The largest absolute Gasteiger partial charge is 0.383 e. The number of carbonyl (C=O) groups is 1. The van der Waals surface area contributed by atoms with Crippen molar-refractivity contribution in [1.29, 1.82) is 0 Å². The number of amides is 1. The van der Waals surface area contributed by atoms with Crippen LogP contribution in [0, 0.1) is 17.3 Å². The molecule has 1 N–H and O–H groups in total. The molecule has 1 saturated carbocycles. The highest BCUT2D eigenvalue weighted by molar-refractivity contribution is 5.79. The average Bonchev–Trinajstić information content (AvgIpc) is 3.31. The van der Waals surface area contributed by atoms with Gasteiger partial charge in [-0.1, -0.05) is 13.8 Å². The molecule has 0 spiro atoms. The van der Waals surface area contributed by atoms with Gasteiger partial charge in [-0.2, -0.15) is 5.10 Å². The van der Waals surface area contributed by atoms with E-state index in [0.29, 0.717) is 37.6 Å². The number of methoxy groups -OCH3 is 1. The third kappa shape index (κ3) is 3.19. The number of ether oxygens (including phenoxy) is 2. The second kappa shape index (κ2) is 7.18. The first-order valence-corrected chi connectivity index (χ1v) is 10.1. The van der Waals surface area contributed by atoms with Crippen molar-refractivity contribution >= 4 is 5.91 Å². The third-order valence-corrected chi connectivity index (χ3v) is 6.84. The number of rotatable bonds is 7. The molecule has 7 heteroatoms. The Bertz CT molecular complexity index is 689. The number of hydrogen-bond donors (Lipinski definition) is 1. The van der Waals surface area contributed by atoms with E-state index in [9.17, 15) is 4.79 Å². The molecule has 4 rings (SSSR count). The summed E-state index contributed by atoms with van der Waals surface area (Å²) >= 11 is 0. The Labute approximate surface area is 161 Å². The fourth-order valence-electron chi connectivity index (χ4n) is 5.56. The van der Waals surface area contributed by atoms with Crippen molar-refractivity contribution in [3.05, 3.63) is 18.0 Å². The molecule has 7 nitrogen and oxygen atoms in total. The molecule has 0 unspecified atom stereocenters. The van der Waals surface area contributed by atoms with Crippen LogP contribution in [0.3, 0.4) is 0 Å². The molecule has 0 radical (unpaired) electrons. The van der Waals surface area contributed by atoms with Gasteiger partial charge in [-0.05, 0) is 6.42 Å². The van der Waals surface area contributed by atoms with Crippen LogP contribution in [-0.2, 0) is 21.3 Å². The van der Waals surface area contributed by atoms with Crippen molar-refractivity contribution in [3.63, 3.8) is 0 Å². The minimum absolute atomic E-state index is 0.0627. The van der Waals surface area contributed by atoms with Crippen molar-refractivity contribution < 1.29 is 14.3 Å². The minimum Gasteiger partial charge on any atom is -0.383 e. The van der Waals surface area contributed by atoms with Crippen molar-refractivity contribution in [2.75, 3.05) is 33.4 Å². The Kier molecular flexibility index (Phi) is 5.03. The van der Waals surface area contributed by atoms with E-state index in [1.165, 1.54) is 0 Å². The van der Waals surface area contributed by atoms with Gasteiger partial charge in [0, 0.05) is 75.3 Å². The zero-order valence-electron chi connectivity index (χ0n) is 16.9. The first-order chi connectivity index (χ1) is 12.9. The van der Waals surface area contributed by atoms with Crippen molar-refractivity contribution in [2.45, 2.75) is 44.9 Å². The fourth-order valence-corrected chi connectivity index (χ4v) is 5.56. The summed E-state index contributed by atoms with van der Waals surface area (Å²) in [5, 5.41) is 8.14. The van der Waals surface area contributed by atoms with Gasteiger partial charge in [0.25, 0.3) is 0 Å². The van der Waals surface area contributed by atoms with E-state index >= 15 is 0 Å². The highest BCUT2D eigenvalue weighted by Gasteiger charge is 2.59. The van der Waals surface area contributed by atoms with E-state index in [4.69, 9.17) is 9.47 Å². The molecule has 1 amide bonds. The van der Waals surface area contributed by atoms with Crippen LogP contribution in [-0.4, -0.2) is 66.1 Å². The number of nitrogens with one attached hydrogen (secondary N) is 1. The average molecular weight is 377 g/mol. The Morgan fingerprint density at radius 3 is 2.96 bits per heavy atom. The summed E-state index contributed by atoms with van der Waals surface area (Å²) in [5.74, 6) is 1.07. The molecule has 1 aromatic heterocycles. The van der Waals surface area contributed by atoms with Crippen molar-refractivity contribution in [2.24, 2.45) is 24.3 Å². The van der Waals surface area contributed by atoms with Crippen molar-refractivity contribution in [1.82, 2.24) is 20.0 Å². The van der Waals surface area contributed by atoms with Gasteiger partial charge in [-0.15, -0.1) is 0 Å². The summed E-state index contributed by atoms with van der Waals surface area (Å²) in [6, 6.07) is 0.523. The maximum absolute atomic E-state index is 12.7. The molecular formula is C20H32N4O3. The van der Waals surface area contributed by atoms with E-state index in [1.807, 2.05) is 29.0 Å². The van der Waals surface area contributed by atoms with Gasteiger partial charge in [0.05, 0.1) is 24.9 Å². The molecule has 5 atom stereocenters. The summed E-state index contributed by atoms with van der Waals surface area (Å²) in [6.45, 7) is 7.48. The van der Waals surface area contributed by atoms with Gasteiger partial charge < -0.3 is 19.7 Å².